The second-order valence-corrected chi connectivity index (χ2v) is 7.73. The van der Waals surface area contributed by atoms with Crippen LogP contribution in [0.5, 0.6) is 0 Å². The molecule has 2 heterocycles. The second kappa shape index (κ2) is 8.98. The fourth-order valence-electron chi connectivity index (χ4n) is 4.48. The van der Waals surface area contributed by atoms with Crippen LogP contribution in [0.2, 0.25) is 0 Å². The number of likely N-dealkylation sites (tertiary alicyclic amines) is 1. The van der Waals surface area contributed by atoms with Gasteiger partial charge in [-0.15, -0.1) is 0 Å². The average Bonchev–Trinajstić information content (AvgIpc) is 2.91. The molecular weight excluding hydrogens is 336 g/mol. The van der Waals surface area contributed by atoms with Crippen LogP contribution in [-0.4, -0.2) is 73.0 Å². The van der Waals surface area contributed by atoms with Gasteiger partial charge in [0.1, 0.15) is 0 Å². The zero-order valence-corrected chi connectivity index (χ0v) is 15.9. The molecule has 4 heteroatoms. The molecular formula is C23H30N2O2. The molecule has 2 aliphatic rings. The number of aliphatic hydroxyl groups is 1. The van der Waals surface area contributed by atoms with Crippen LogP contribution in [0.4, 0.5) is 0 Å². The van der Waals surface area contributed by atoms with Gasteiger partial charge in [0.2, 0.25) is 0 Å². The van der Waals surface area contributed by atoms with Gasteiger partial charge in [-0.2, -0.15) is 0 Å². The Morgan fingerprint density at radius 1 is 0.889 bits per heavy atom. The largest absolute Gasteiger partial charge is 0.390 e. The molecule has 0 bridgehead atoms. The summed E-state index contributed by atoms with van der Waals surface area (Å²) in [5, 5.41) is 10.7. The number of benzene rings is 2. The molecule has 0 aliphatic carbocycles. The van der Waals surface area contributed by atoms with Gasteiger partial charge in [-0.1, -0.05) is 60.7 Å². The van der Waals surface area contributed by atoms with Crippen molar-refractivity contribution >= 4 is 0 Å². The maximum Gasteiger partial charge on any atom is 0.0834 e. The topological polar surface area (TPSA) is 35.9 Å². The quantitative estimate of drug-likeness (QED) is 0.882. The number of nitrogens with zero attached hydrogens (tertiary/aromatic N) is 2. The van der Waals surface area contributed by atoms with E-state index in [1.54, 1.807) is 0 Å². The minimum Gasteiger partial charge on any atom is -0.390 e. The highest BCUT2D eigenvalue weighted by molar-refractivity contribution is 5.32. The third-order valence-corrected chi connectivity index (χ3v) is 5.91. The lowest BCUT2D eigenvalue weighted by molar-refractivity contribution is 0.0771. The van der Waals surface area contributed by atoms with Gasteiger partial charge in [0.05, 0.1) is 12.7 Å². The summed E-state index contributed by atoms with van der Waals surface area (Å²) < 4.78 is 5.59. The molecule has 4 nitrogen and oxygen atoms in total. The van der Waals surface area contributed by atoms with Crippen molar-refractivity contribution in [2.24, 2.45) is 0 Å². The molecule has 2 aromatic rings. The van der Waals surface area contributed by atoms with Gasteiger partial charge in [-0.25, -0.2) is 0 Å². The Kier molecular flexibility index (Phi) is 6.20. The minimum absolute atomic E-state index is 0.221. The molecule has 0 saturated carbocycles. The van der Waals surface area contributed by atoms with E-state index in [1.165, 1.54) is 11.1 Å². The summed E-state index contributed by atoms with van der Waals surface area (Å²) in [6.45, 7) is 6.18. The molecule has 0 aromatic heterocycles. The predicted molar refractivity (Wildman–Crippen MR) is 108 cm³/mol. The molecule has 0 spiro atoms. The molecule has 1 N–H and O–H groups in total. The highest BCUT2D eigenvalue weighted by Crippen LogP contribution is 2.28. The van der Waals surface area contributed by atoms with E-state index < -0.39 is 0 Å². The van der Waals surface area contributed by atoms with Gasteiger partial charge in [0.25, 0.3) is 0 Å². The summed E-state index contributed by atoms with van der Waals surface area (Å²) in [6, 6.07) is 21.7. The summed E-state index contributed by atoms with van der Waals surface area (Å²) in [7, 11) is 0. The van der Waals surface area contributed by atoms with Gasteiger partial charge >= 0.3 is 0 Å². The van der Waals surface area contributed by atoms with Crippen molar-refractivity contribution < 1.29 is 9.84 Å². The molecule has 144 valence electrons. The van der Waals surface area contributed by atoms with Gasteiger partial charge < -0.3 is 9.84 Å². The number of rotatable bonds is 5. The van der Waals surface area contributed by atoms with Crippen molar-refractivity contribution in [3.63, 3.8) is 0 Å². The molecule has 0 unspecified atom stereocenters. The number of aliphatic hydroxyl groups excluding tert-OH is 1. The van der Waals surface area contributed by atoms with Crippen molar-refractivity contribution in [1.82, 2.24) is 9.80 Å². The van der Waals surface area contributed by atoms with Crippen LogP contribution in [0.15, 0.2) is 60.7 Å². The van der Waals surface area contributed by atoms with Crippen LogP contribution in [0.25, 0.3) is 0 Å². The van der Waals surface area contributed by atoms with Crippen LogP contribution < -0.4 is 0 Å². The van der Waals surface area contributed by atoms with Crippen molar-refractivity contribution in [3.05, 3.63) is 71.8 Å². The molecule has 4 rings (SSSR count). The Balaban J connectivity index is 1.48. The van der Waals surface area contributed by atoms with E-state index in [2.05, 4.69) is 70.5 Å². The molecule has 2 atom stereocenters. The van der Waals surface area contributed by atoms with Crippen LogP contribution in [0.3, 0.4) is 0 Å². The van der Waals surface area contributed by atoms with Crippen molar-refractivity contribution in [2.45, 2.75) is 24.5 Å². The maximum absolute atomic E-state index is 10.7. The van der Waals surface area contributed by atoms with Gasteiger partial charge in [0, 0.05) is 51.3 Å². The molecule has 0 radical (unpaired) electrons. The lowest BCUT2D eigenvalue weighted by Gasteiger charge is -2.29. The average molecular weight is 367 g/mol. The maximum atomic E-state index is 10.7. The van der Waals surface area contributed by atoms with E-state index in [1.807, 2.05) is 0 Å². The van der Waals surface area contributed by atoms with E-state index >= 15 is 0 Å². The van der Waals surface area contributed by atoms with Crippen LogP contribution >= 0.6 is 0 Å². The molecule has 0 amide bonds. The number of hydrogen-bond acceptors (Lipinski definition) is 4. The van der Waals surface area contributed by atoms with Crippen LogP contribution in [-0.2, 0) is 4.74 Å². The number of β-amino-alcohol motifs (C(OH)–C–C–N with tert-alkyl or cyclic N) is 1. The number of hydrogen-bond donors (Lipinski definition) is 1. The lowest BCUT2D eigenvalue weighted by atomic mass is 9.91. The Labute approximate surface area is 162 Å². The van der Waals surface area contributed by atoms with Crippen LogP contribution in [0, 0.1) is 0 Å². The predicted octanol–water partition coefficient (Wildman–Crippen LogP) is 2.59. The summed E-state index contributed by atoms with van der Waals surface area (Å²) in [5.74, 6) is 0.325. The molecule has 2 aromatic carbocycles. The fraction of sp³-hybridized carbons (Fsp3) is 0.478. The highest BCUT2D eigenvalue weighted by atomic mass is 16.5. The Morgan fingerprint density at radius 3 is 2.22 bits per heavy atom. The third-order valence-electron chi connectivity index (χ3n) is 5.91. The first kappa shape index (κ1) is 18.6. The van der Waals surface area contributed by atoms with E-state index in [0.29, 0.717) is 5.92 Å². The van der Waals surface area contributed by atoms with E-state index in [9.17, 15) is 5.11 Å². The zero-order valence-electron chi connectivity index (χ0n) is 15.9. The van der Waals surface area contributed by atoms with E-state index in [-0.39, 0.29) is 12.1 Å². The Hall–Kier alpha value is -1.72. The lowest BCUT2D eigenvalue weighted by Crippen LogP contribution is -2.44. The number of ether oxygens (including phenoxy) is 1. The van der Waals surface area contributed by atoms with E-state index in [0.717, 1.165) is 52.4 Å². The Morgan fingerprint density at radius 2 is 1.56 bits per heavy atom. The summed E-state index contributed by atoms with van der Waals surface area (Å²) in [4.78, 5) is 4.86. The standard InChI is InChI=1S/C23H30N2O2/c26-23-18-24(17-22(23)25-12-7-14-27-15-13-25)16-21(19-8-3-1-4-9-19)20-10-5-2-6-11-20/h1-6,8-11,21-23,26H,7,12-18H2/t22-,23-/m0/s1. The van der Waals surface area contributed by atoms with Crippen molar-refractivity contribution in [2.75, 3.05) is 45.9 Å². The summed E-state index contributed by atoms with van der Waals surface area (Å²) in [5.41, 5.74) is 2.68. The van der Waals surface area contributed by atoms with Crippen LogP contribution in [0.1, 0.15) is 23.5 Å². The minimum atomic E-state index is -0.282. The smallest absolute Gasteiger partial charge is 0.0834 e. The van der Waals surface area contributed by atoms with Gasteiger partial charge in [-0.3, -0.25) is 9.80 Å². The van der Waals surface area contributed by atoms with E-state index in [4.69, 9.17) is 4.74 Å². The fourth-order valence-corrected chi connectivity index (χ4v) is 4.48. The third kappa shape index (κ3) is 4.58. The van der Waals surface area contributed by atoms with Crippen molar-refractivity contribution in [3.8, 4) is 0 Å². The van der Waals surface area contributed by atoms with Gasteiger partial charge in [-0.05, 0) is 17.5 Å². The Bertz CT molecular complexity index is 647. The highest BCUT2D eigenvalue weighted by Gasteiger charge is 2.36. The first-order chi connectivity index (χ1) is 13.3. The van der Waals surface area contributed by atoms with Gasteiger partial charge in [0.15, 0.2) is 0 Å². The monoisotopic (exact) mass is 366 g/mol. The molecule has 27 heavy (non-hydrogen) atoms. The SMILES string of the molecule is O[C@H]1CN(CC(c2ccccc2)c2ccccc2)C[C@@H]1N1CCCOCC1. The first-order valence-corrected chi connectivity index (χ1v) is 10.1. The molecule has 2 saturated heterocycles. The first-order valence-electron chi connectivity index (χ1n) is 10.1. The normalized spacial score (nSPS) is 25.0. The summed E-state index contributed by atoms with van der Waals surface area (Å²) >= 11 is 0. The second-order valence-electron chi connectivity index (χ2n) is 7.73. The van der Waals surface area contributed by atoms with Crippen molar-refractivity contribution in [1.29, 1.82) is 0 Å². The molecule has 2 fully saturated rings. The zero-order chi connectivity index (χ0) is 18.5. The molecule has 2 aliphatic heterocycles. The summed E-state index contributed by atoms with van der Waals surface area (Å²) in [6.07, 6.45) is 0.773.